The molecule has 0 unspecified atom stereocenters. The molecule has 3 amide bonds. The third-order valence-electron chi connectivity index (χ3n) is 4.42. The minimum absolute atomic E-state index is 0.0973. The van der Waals surface area contributed by atoms with Gasteiger partial charge in [0.05, 0.1) is 28.9 Å². The van der Waals surface area contributed by atoms with Crippen molar-refractivity contribution < 1.29 is 22.7 Å². The summed E-state index contributed by atoms with van der Waals surface area (Å²) in [5.74, 6) is -0.549. The Hall–Kier alpha value is -3.85. The van der Waals surface area contributed by atoms with Gasteiger partial charge in [-0.15, -0.1) is 0 Å². The first-order valence-corrected chi connectivity index (χ1v) is 10.7. The Morgan fingerprint density at radius 1 is 0.839 bits per heavy atom. The first-order valence-electron chi connectivity index (χ1n) is 9.24. The van der Waals surface area contributed by atoms with E-state index in [1.165, 1.54) is 49.4 Å². The molecule has 0 atom stereocenters. The number of rotatable bonds is 6. The molecule has 3 aromatic carbocycles. The van der Waals surface area contributed by atoms with Crippen LogP contribution in [-0.4, -0.2) is 34.5 Å². The number of urea groups is 1. The van der Waals surface area contributed by atoms with Gasteiger partial charge in [-0.25, -0.2) is 17.9 Å². The Balaban J connectivity index is 1.87. The van der Waals surface area contributed by atoms with E-state index in [1.807, 2.05) is 10.8 Å². The van der Waals surface area contributed by atoms with Crippen molar-refractivity contribution in [1.29, 1.82) is 0 Å². The highest BCUT2D eigenvalue weighted by molar-refractivity contribution is 7.90. The maximum absolute atomic E-state index is 12.7. The fourth-order valence-electron chi connectivity index (χ4n) is 2.91. The van der Waals surface area contributed by atoms with Gasteiger partial charge in [-0.3, -0.25) is 9.69 Å². The van der Waals surface area contributed by atoms with Crippen LogP contribution in [0.3, 0.4) is 0 Å². The van der Waals surface area contributed by atoms with Crippen molar-refractivity contribution in [3.63, 3.8) is 0 Å². The first-order chi connectivity index (χ1) is 14.9. The van der Waals surface area contributed by atoms with Crippen molar-refractivity contribution >= 4 is 33.3 Å². The molecule has 0 saturated heterocycles. The summed E-state index contributed by atoms with van der Waals surface area (Å²) < 4.78 is 32.5. The average Bonchev–Trinajstić information content (AvgIpc) is 2.79. The van der Waals surface area contributed by atoms with E-state index in [0.29, 0.717) is 11.4 Å². The standard InChI is InChI=1S/C22H21N3O5S/c1-23-22(27)25(16-8-4-3-5-9-16)17-12-14-18(15-13-17)31(28,29)24-21(26)19-10-6-7-11-20(19)30-2/h3-15H,1-2H3,(H,23,27)(H,24,26). The zero-order valence-electron chi connectivity index (χ0n) is 16.9. The van der Waals surface area contributed by atoms with Gasteiger partial charge in [0.25, 0.3) is 15.9 Å². The summed E-state index contributed by atoms with van der Waals surface area (Å²) in [7, 11) is -1.24. The number of sulfonamides is 1. The van der Waals surface area contributed by atoms with Crippen molar-refractivity contribution in [1.82, 2.24) is 10.0 Å². The molecule has 8 nitrogen and oxygen atoms in total. The fourth-order valence-corrected chi connectivity index (χ4v) is 3.88. The van der Waals surface area contributed by atoms with Crippen LogP contribution >= 0.6 is 0 Å². The molecule has 160 valence electrons. The van der Waals surface area contributed by atoms with Gasteiger partial charge >= 0.3 is 6.03 Å². The molecule has 0 aliphatic rings. The normalized spacial score (nSPS) is 10.8. The lowest BCUT2D eigenvalue weighted by Gasteiger charge is -2.22. The molecule has 9 heteroatoms. The molecule has 0 aliphatic heterocycles. The van der Waals surface area contributed by atoms with Crippen LogP contribution in [0.25, 0.3) is 0 Å². The van der Waals surface area contributed by atoms with Crippen LogP contribution in [-0.2, 0) is 10.0 Å². The summed E-state index contributed by atoms with van der Waals surface area (Å²) >= 11 is 0. The van der Waals surface area contributed by atoms with Crippen LogP contribution < -0.4 is 19.7 Å². The highest BCUT2D eigenvalue weighted by Crippen LogP contribution is 2.26. The zero-order chi connectivity index (χ0) is 22.4. The molecule has 0 spiro atoms. The Labute approximate surface area is 180 Å². The van der Waals surface area contributed by atoms with E-state index in [1.54, 1.807) is 42.5 Å². The zero-order valence-corrected chi connectivity index (χ0v) is 17.7. The summed E-state index contributed by atoms with van der Waals surface area (Å²) in [6.07, 6.45) is 0. The second kappa shape index (κ2) is 9.31. The number of nitrogens with one attached hydrogen (secondary N) is 2. The fraction of sp³-hybridized carbons (Fsp3) is 0.0909. The Morgan fingerprint density at radius 2 is 1.42 bits per heavy atom. The van der Waals surface area contributed by atoms with Crippen molar-refractivity contribution in [3.8, 4) is 5.75 Å². The summed E-state index contributed by atoms with van der Waals surface area (Å²) in [6.45, 7) is 0. The maximum atomic E-state index is 12.7. The number of nitrogens with zero attached hydrogens (tertiary/aromatic N) is 1. The van der Waals surface area contributed by atoms with Crippen LogP contribution in [0, 0.1) is 0 Å². The summed E-state index contributed by atoms with van der Waals surface area (Å²) in [6, 6.07) is 20.5. The number of ether oxygens (including phenoxy) is 1. The van der Waals surface area contributed by atoms with Crippen LogP contribution in [0.4, 0.5) is 16.2 Å². The molecule has 0 aromatic heterocycles. The summed E-state index contributed by atoms with van der Waals surface area (Å²) in [5, 5.41) is 2.56. The number of carbonyl (C=O) groups is 2. The van der Waals surface area contributed by atoms with E-state index in [4.69, 9.17) is 4.74 Å². The predicted octanol–water partition coefficient (Wildman–Crippen LogP) is 3.29. The molecule has 0 bridgehead atoms. The minimum Gasteiger partial charge on any atom is -0.496 e. The maximum Gasteiger partial charge on any atom is 0.326 e. The van der Waals surface area contributed by atoms with Crippen LogP contribution in [0.1, 0.15) is 10.4 Å². The van der Waals surface area contributed by atoms with Crippen molar-refractivity contribution in [2.24, 2.45) is 0 Å². The van der Waals surface area contributed by atoms with Crippen molar-refractivity contribution in [3.05, 3.63) is 84.4 Å². The Morgan fingerprint density at radius 3 is 2.03 bits per heavy atom. The van der Waals surface area contributed by atoms with E-state index in [-0.39, 0.29) is 22.2 Å². The molecule has 0 saturated carbocycles. The van der Waals surface area contributed by atoms with E-state index in [9.17, 15) is 18.0 Å². The van der Waals surface area contributed by atoms with E-state index in [0.717, 1.165) is 0 Å². The van der Waals surface area contributed by atoms with Gasteiger partial charge in [-0.2, -0.15) is 0 Å². The van der Waals surface area contributed by atoms with Gasteiger partial charge < -0.3 is 10.1 Å². The predicted molar refractivity (Wildman–Crippen MR) is 117 cm³/mol. The molecular weight excluding hydrogens is 418 g/mol. The summed E-state index contributed by atoms with van der Waals surface area (Å²) in [4.78, 5) is 26.1. The van der Waals surface area contributed by atoms with Gasteiger partial charge in [-0.05, 0) is 48.5 Å². The average molecular weight is 439 g/mol. The van der Waals surface area contributed by atoms with Crippen molar-refractivity contribution in [2.75, 3.05) is 19.1 Å². The number of amides is 3. The van der Waals surface area contributed by atoms with Crippen LogP contribution in [0.2, 0.25) is 0 Å². The van der Waals surface area contributed by atoms with Crippen LogP contribution in [0.5, 0.6) is 5.75 Å². The molecular formula is C22H21N3O5S. The number of benzene rings is 3. The topological polar surface area (TPSA) is 105 Å². The highest BCUT2D eigenvalue weighted by Gasteiger charge is 2.22. The van der Waals surface area contributed by atoms with E-state index in [2.05, 4.69) is 5.32 Å². The Bertz CT molecular complexity index is 1180. The molecule has 0 radical (unpaired) electrons. The number of methoxy groups -OCH3 is 1. The molecule has 3 rings (SSSR count). The minimum atomic E-state index is -4.14. The number of hydrogen-bond donors (Lipinski definition) is 2. The van der Waals surface area contributed by atoms with E-state index < -0.39 is 15.9 Å². The third kappa shape index (κ3) is 4.84. The number of hydrogen-bond acceptors (Lipinski definition) is 5. The third-order valence-corrected chi connectivity index (χ3v) is 5.76. The number of para-hydroxylation sites is 2. The quantitative estimate of drug-likeness (QED) is 0.613. The second-order valence-corrected chi connectivity index (χ2v) is 8.04. The molecule has 31 heavy (non-hydrogen) atoms. The number of carbonyl (C=O) groups excluding carboxylic acids is 2. The summed E-state index contributed by atoms with van der Waals surface area (Å²) in [5.41, 5.74) is 1.17. The lowest BCUT2D eigenvalue weighted by atomic mass is 10.2. The van der Waals surface area contributed by atoms with Gasteiger partial charge in [0, 0.05) is 7.05 Å². The first kappa shape index (κ1) is 21.8. The molecule has 3 aromatic rings. The molecule has 2 N–H and O–H groups in total. The molecule has 0 heterocycles. The molecule has 0 fully saturated rings. The van der Waals surface area contributed by atoms with Crippen molar-refractivity contribution in [2.45, 2.75) is 4.90 Å². The smallest absolute Gasteiger partial charge is 0.326 e. The Kier molecular flexibility index (Phi) is 6.56. The van der Waals surface area contributed by atoms with Gasteiger partial charge in [0.15, 0.2) is 0 Å². The number of anilines is 2. The van der Waals surface area contributed by atoms with E-state index >= 15 is 0 Å². The SMILES string of the molecule is CNC(=O)N(c1ccccc1)c1ccc(S(=O)(=O)NC(=O)c2ccccc2OC)cc1. The largest absolute Gasteiger partial charge is 0.496 e. The monoisotopic (exact) mass is 439 g/mol. The lowest BCUT2D eigenvalue weighted by molar-refractivity contribution is 0.0978. The van der Waals surface area contributed by atoms with Gasteiger partial charge in [0.1, 0.15) is 5.75 Å². The van der Waals surface area contributed by atoms with Crippen LogP contribution in [0.15, 0.2) is 83.8 Å². The molecule has 0 aliphatic carbocycles. The highest BCUT2D eigenvalue weighted by atomic mass is 32.2. The van der Waals surface area contributed by atoms with Gasteiger partial charge in [0.2, 0.25) is 0 Å². The lowest BCUT2D eigenvalue weighted by Crippen LogP contribution is -2.34. The second-order valence-electron chi connectivity index (χ2n) is 6.35. The van der Waals surface area contributed by atoms with Gasteiger partial charge in [-0.1, -0.05) is 30.3 Å².